The Balaban J connectivity index is 1.90. The van der Waals surface area contributed by atoms with Gasteiger partial charge in [0.25, 0.3) is 5.91 Å². The Morgan fingerprint density at radius 2 is 1.89 bits per heavy atom. The van der Waals surface area contributed by atoms with E-state index in [9.17, 15) is 14.4 Å². The smallest absolute Gasteiger partial charge is 0.260 e. The van der Waals surface area contributed by atoms with Gasteiger partial charge < -0.3 is 19.7 Å². The van der Waals surface area contributed by atoms with Crippen LogP contribution in [0.25, 0.3) is 0 Å². The number of carbonyl (C=O) groups is 3. The first-order valence-electron chi connectivity index (χ1n) is 8.41. The van der Waals surface area contributed by atoms with Crippen molar-refractivity contribution in [2.75, 3.05) is 32.6 Å². The zero-order valence-corrected chi connectivity index (χ0v) is 16.6. The van der Waals surface area contributed by atoms with Gasteiger partial charge in [-0.05, 0) is 37.3 Å². The van der Waals surface area contributed by atoms with E-state index in [-0.39, 0.29) is 24.8 Å². The number of amides is 2. The molecule has 1 N–H and O–H groups in total. The first-order valence-corrected chi connectivity index (χ1v) is 8.79. The summed E-state index contributed by atoms with van der Waals surface area (Å²) in [6, 6.07) is 11.4. The summed E-state index contributed by atoms with van der Waals surface area (Å²) in [5, 5.41) is 3.11. The van der Waals surface area contributed by atoms with Crippen LogP contribution in [-0.2, 0) is 9.59 Å². The Morgan fingerprint density at radius 3 is 2.57 bits per heavy atom. The van der Waals surface area contributed by atoms with Crippen LogP contribution in [0.3, 0.4) is 0 Å². The Hall–Kier alpha value is -3.06. The minimum absolute atomic E-state index is 0.0954. The molecule has 2 aromatic rings. The molecule has 0 atom stereocenters. The van der Waals surface area contributed by atoms with Gasteiger partial charge >= 0.3 is 0 Å². The first-order chi connectivity index (χ1) is 13.3. The van der Waals surface area contributed by atoms with E-state index in [0.29, 0.717) is 27.8 Å². The number of nitrogens with one attached hydrogen (secondary N) is 1. The molecule has 0 spiro atoms. The van der Waals surface area contributed by atoms with Crippen LogP contribution in [-0.4, -0.2) is 49.8 Å². The van der Waals surface area contributed by atoms with Crippen molar-refractivity contribution in [1.29, 1.82) is 0 Å². The topological polar surface area (TPSA) is 84.9 Å². The molecule has 0 bridgehead atoms. The minimum Gasteiger partial charge on any atom is -0.495 e. The fraction of sp³-hybridized carbons (Fsp3) is 0.250. The van der Waals surface area contributed by atoms with Gasteiger partial charge in [0.2, 0.25) is 5.91 Å². The van der Waals surface area contributed by atoms with Crippen LogP contribution in [0.5, 0.6) is 11.5 Å². The highest BCUT2D eigenvalue weighted by molar-refractivity contribution is 6.31. The quantitative estimate of drug-likeness (QED) is 0.683. The number of anilines is 1. The summed E-state index contributed by atoms with van der Waals surface area (Å²) in [7, 11) is 2.97. The SMILES string of the molecule is COc1ccc(Cl)cc1NC(=O)CN(C)C(=O)COc1cccc(C(C)=O)c1. The Bertz CT molecular complexity index is 885. The maximum atomic E-state index is 12.2. The van der Waals surface area contributed by atoms with E-state index < -0.39 is 5.91 Å². The van der Waals surface area contributed by atoms with E-state index in [0.717, 1.165) is 0 Å². The number of ketones is 1. The van der Waals surface area contributed by atoms with Gasteiger partial charge in [-0.15, -0.1) is 0 Å². The highest BCUT2D eigenvalue weighted by atomic mass is 35.5. The van der Waals surface area contributed by atoms with Gasteiger partial charge in [0.05, 0.1) is 19.3 Å². The molecule has 28 heavy (non-hydrogen) atoms. The monoisotopic (exact) mass is 404 g/mol. The van der Waals surface area contributed by atoms with E-state index in [4.69, 9.17) is 21.1 Å². The molecule has 2 amide bonds. The molecule has 0 aliphatic rings. The molecule has 0 aliphatic carbocycles. The molecule has 0 saturated carbocycles. The van der Waals surface area contributed by atoms with Crippen molar-refractivity contribution < 1.29 is 23.9 Å². The number of hydrogen-bond donors (Lipinski definition) is 1. The highest BCUT2D eigenvalue weighted by Gasteiger charge is 2.15. The lowest BCUT2D eigenvalue weighted by atomic mass is 10.1. The summed E-state index contributed by atoms with van der Waals surface area (Å²) >= 11 is 5.93. The number of hydrogen-bond acceptors (Lipinski definition) is 5. The lowest BCUT2D eigenvalue weighted by molar-refractivity contribution is -0.135. The number of ether oxygens (including phenoxy) is 2. The molecule has 0 aromatic heterocycles. The van der Waals surface area contributed by atoms with Crippen LogP contribution in [0.2, 0.25) is 5.02 Å². The average molecular weight is 405 g/mol. The molecule has 2 rings (SSSR count). The van der Waals surface area contributed by atoms with Crippen molar-refractivity contribution in [3.8, 4) is 11.5 Å². The van der Waals surface area contributed by atoms with Crippen LogP contribution >= 0.6 is 11.6 Å². The van der Waals surface area contributed by atoms with E-state index in [2.05, 4.69) is 5.32 Å². The Morgan fingerprint density at radius 1 is 1.14 bits per heavy atom. The number of Topliss-reactive ketones (excluding diaryl/α,β-unsaturated/α-hetero) is 1. The molecule has 0 heterocycles. The molecule has 2 aromatic carbocycles. The number of halogens is 1. The lowest BCUT2D eigenvalue weighted by Crippen LogP contribution is -2.37. The third kappa shape index (κ3) is 5.99. The fourth-order valence-corrected chi connectivity index (χ4v) is 2.50. The van der Waals surface area contributed by atoms with Crippen LogP contribution in [0, 0.1) is 0 Å². The van der Waals surface area contributed by atoms with Crippen molar-refractivity contribution in [3.63, 3.8) is 0 Å². The minimum atomic E-state index is -0.407. The summed E-state index contributed by atoms with van der Waals surface area (Å²) < 4.78 is 10.6. The predicted octanol–water partition coefficient (Wildman–Crippen LogP) is 3.03. The number of methoxy groups -OCH3 is 1. The number of carbonyl (C=O) groups excluding carboxylic acids is 3. The molecule has 0 fully saturated rings. The highest BCUT2D eigenvalue weighted by Crippen LogP contribution is 2.27. The molecular formula is C20H21ClN2O5. The molecular weight excluding hydrogens is 384 g/mol. The standard InChI is InChI=1S/C20H21ClN2O5/c1-13(24)14-5-4-6-16(9-14)28-12-20(26)23(2)11-19(25)22-17-10-15(21)7-8-18(17)27-3/h4-10H,11-12H2,1-3H3,(H,22,25). The second-order valence-corrected chi connectivity index (χ2v) is 6.45. The van der Waals surface area contributed by atoms with Gasteiger partial charge in [-0.25, -0.2) is 0 Å². The Kier molecular flexibility index (Phi) is 7.40. The van der Waals surface area contributed by atoms with Crippen LogP contribution < -0.4 is 14.8 Å². The maximum absolute atomic E-state index is 12.2. The Labute approximate surface area is 168 Å². The zero-order chi connectivity index (χ0) is 20.7. The van der Waals surface area contributed by atoms with Gasteiger partial charge in [-0.2, -0.15) is 0 Å². The number of rotatable bonds is 8. The summed E-state index contributed by atoms with van der Waals surface area (Å²) in [4.78, 5) is 37.1. The third-order valence-corrected chi connectivity index (χ3v) is 4.08. The van der Waals surface area contributed by atoms with Crippen LogP contribution in [0.15, 0.2) is 42.5 Å². The maximum Gasteiger partial charge on any atom is 0.260 e. The molecule has 148 valence electrons. The normalized spacial score (nSPS) is 10.1. The van der Waals surface area contributed by atoms with Crippen molar-refractivity contribution in [2.24, 2.45) is 0 Å². The van der Waals surface area contributed by atoms with E-state index in [1.807, 2.05) is 0 Å². The molecule has 7 nitrogen and oxygen atoms in total. The largest absolute Gasteiger partial charge is 0.495 e. The van der Waals surface area contributed by atoms with E-state index in [1.54, 1.807) is 42.5 Å². The molecule has 0 saturated heterocycles. The lowest BCUT2D eigenvalue weighted by Gasteiger charge is -2.18. The number of likely N-dealkylation sites (N-methyl/N-ethyl adjacent to an activating group) is 1. The number of benzene rings is 2. The van der Waals surface area contributed by atoms with Gasteiger partial charge in [0.15, 0.2) is 12.4 Å². The molecule has 0 unspecified atom stereocenters. The van der Waals surface area contributed by atoms with Gasteiger partial charge in [0.1, 0.15) is 11.5 Å². The number of nitrogens with zero attached hydrogens (tertiary/aromatic N) is 1. The summed E-state index contributed by atoms with van der Waals surface area (Å²) in [6.07, 6.45) is 0. The van der Waals surface area contributed by atoms with Crippen molar-refractivity contribution in [2.45, 2.75) is 6.92 Å². The summed E-state index contributed by atoms with van der Waals surface area (Å²) in [5.41, 5.74) is 0.909. The van der Waals surface area contributed by atoms with Crippen LogP contribution in [0.4, 0.5) is 5.69 Å². The molecule has 0 radical (unpaired) electrons. The third-order valence-electron chi connectivity index (χ3n) is 3.85. The summed E-state index contributed by atoms with van der Waals surface area (Å²) in [5.74, 6) is -0.0265. The summed E-state index contributed by atoms with van der Waals surface area (Å²) in [6.45, 7) is 1.02. The second-order valence-electron chi connectivity index (χ2n) is 6.02. The van der Waals surface area contributed by atoms with Gasteiger partial charge in [0, 0.05) is 17.6 Å². The second kappa shape index (κ2) is 9.75. The van der Waals surface area contributed by atoms with Crippen molar-refractivity contribution in [1.82, 2.24) is 4.90 Å². The predicted molar refractivity (Wildman–Crippen MR) is 106 cm³/mol. The zero-order valence-electron chi connectivity index (χ0n) is 15.8. The van der Waals surface area contributed by atoms with Gasteiger partial charge in [-0.1, -0.05) is 23.7 Å². The van der Waals surface area contributed by atoms with Crippen molar-refractivity contribution >= 4 is 34.9 Å². The van der Waals surface area contributed by atoms with E-state index in [1.165, 1.54) is 26.0 Å². The molecule has 8 heteroatoms. The molecule has 0 aliphatic heterocycles. The van der Waals surface area contributed by atoms with Crippen molar-refractivity contribution in [3.05, 3.63) is 53.1 Å². The average Bonchev–Trinajstić information content (AvgIpc) is 2.66. The van der Waals surface area contributed by atoms with Gasteiger partial charge in [-0.3, -0.25) is 14.4 Å². The fourth-order valence-electron chi connectivity index (χ4n) is 2.33. The van der Waals surface area contributed by atoms with E-state index >= 15 is 0 Å². The first kappa shape index (κ1) is 21.2. The van der Waals surface area contributed by atoms with Crippen LogP contribution in [0.1, 0.15) is 17.3 Å².